The van der Waals surface area contributed by atoms with E-state index in [4.69, 9.17) is 0 Å². The molecule has 1 heterocycles. The second-order valence-corrected chi connectivity index (χ2v) is 5.51. The normalized spacial score (nSPS) is 11.9. The average Bonchev–Trinajstić information content (AvgIpc) is 2.57. The summed E-state index contributed by atoms with van der Waals surface area (Å²) in [6, 6.07) is 7.35. The summed E-state index contributed by atoms with van der Waals surface area (Å²) in [4.78, 5) is 15.5. The number of nitrogens with zero attached hydrogens (tertiary/aromatic N) is 1. The van der Waals surface area contributed by atoms with Gasteiger partial charge < -0.3 is 10.1 Å². The maximum atomic E-state index is 12.9. The molecule has 0 saturated carbocycles. The van der Waals surface area contributed by atoms with E-state index in [0.29, 0.717) is 5.56 Å². The lowest BCUT2D eigenvalue weighted by molar-refractivity contribution is -0.154. The van der Waals surface area contributed by atoms with Gasteiger partial charge in [0, 0.05) is 18.8 Å². The fourth-order valence-corrected chi connectivity index (χ4v) is 2.18. The maximum Gasteiger partial charge on any atom is 0.422 e. The number of ether oxygens (including phenoxy) is 1. The molecule has 4 nitrogen and oxygen atoms in total. The third-order valence-corrected chi connectivity index (χ3v) is 3.35. The first-order valence-electron chi connectivity index (χ1n) is 7.61. The van der Waals surface area contributed by atoms with Crippen molar-refractivity contribution in [2.24, 2.45) is 0 Å². The van der Waals surface area contributed by atoms with Gasteiger partial charge in [0.15, 0.2) is 6.61 Å². The molecule has 2 rings (SSSR count). The number of benzene rings is 1. The van der Waals surface area contributed by atoms with E-state index < -0.39 is 36.9 Å². The Morgan fingerprint density at radius 3 is 2.44 bits per heavy atom. The van der Waals surface area contributed by atoms with Crippen LogP contribution >= 0.6 is 0 Å². The number of amides is 1. The Labute approximate surface area is 150 Å². The maximum absolute atomic E-state index is 12.9. The zero-order chi connectivity index (χ0) is 20.1. The van der Waals surface area contributed by atoms with Gasteiger partial charge in [-0.3, -0.25) is 4.79 Å². The van der Waals surface area contributed by atoms with Crippen molar-refractivity contribution in [2.75, 3.05) is 6.61 Å². The minimum Gasteiger partial charge on any atom is -0.468 e. The van der Waals surface area contributed by atoms with Gasteiger partial charge in [0.25, 0.3) is 0 Å². The first kappa shape index (κ1) is 20.5. The molecule has 146 valence electrons. The van der Waals surface area contributed by atoms with Crippen LogP contribution in [0, 0.1) is 0 Å². The third-order valence-electron chi connectivity index (χ3n) is 3.35. The highest BCUT2D eigenvalue weighted by molar-refractivity contribution is 5.79. The standard InChI is InChI=1S/C17H14F6N2O2/c18-16(19,20)10-27-15-7-11(5-6-24-15)9-25-14(26)8-12-3-1-2-4-13(12)17(21,22)23/h1-7H,8-10H2,(H,25,26). The van der Waals surface area contributed by atoms with Crippen LogP contribution in [-0.2, 0) is 23.9 Å². The molecule has 0 spiro atoms. The van der Waals surface area contributed by atoms with Crippen LogP contribution in [0.5, 0.6) is 5.88 Å². The smallest absolute Gasteiger partial charge is 0.422 e. The van der Waals surface area contributed by atoms with Gasteiger partial charge in [-0.2, -0.15) is 26.3 Å². The Bertz CT molecular complexity index is 789. The SMILES string of the molecule is O=C(Cc1ccccc1C(F)(F)F)NCc1ccnc(OCC(F)(F)F)c1. The van der Waals surface area contributed by atoms with Crippen LogP contribution in [0.25, 0.3) is 0 Å². The molecular formula is C17H14F6N2O2. The first-order valence-corrected chi connectivity index (χ1v) is 7.61. The number of rotatable bonds is 6. The van der Waals surface area contributed by atoms with E-state index in [0.717, 1.165) is 6.07 Å². The quantitative estimate of drug-likeness (QED) is 0.759. The molecule has 0 aliphatic rings. The van der Waals surface area contributed by atoms with E-state index in [9.17, 15) is 31.1 Å². The lowest BCUT2D eigenvalue weighted by Gasteiger charge is -2.13. The van der Waals surface area contributed by atoms with Gasteiger partial charge in [-0.1, -0.05) is 18.2 Å². The Morgan fingerprint density at radius 2 is 1.78 bits per heavy atom. The summed E-state index contributed by atoms with van der Waals surface area (Å²) >= 11 is 0. The number of alkyl halides is 6. The van der Waals surface area contributed by atoms with Gasteiger partial charge in [0.2, 0.25) is 11.8 Å². The second kappa shape index (κ2) is 8.28. The second-order valence-electron chi connectivity index (χ2n) is 5.51. The van der Waals surface area contributed by atoms with Crippen LogP contribution in [0.1, 0.15) is 16.7 Å². The summed E-state index contributed by atoms with van der Waals surface area (Å²) in [7, 11) is 0. The number of carbonyl (C=O) groups is 1. The number of pyridine rings is 1. The fourth-order valence-electron chi connectivity index (χ4n) is 2.18. The van der Waals surface area contributed by atoms with Crippen LogP contribution in [0.2, 0.25) is 0 Å². The highest BCUT2D eigenvalue weighted by atomic mass is 19.4. The van der Waals surface area contributed by atoms with Crippen molar-refractivity contribution in [3.8, 4) is 5.88 Å². The van der Waals surface area contributed by atoms with Gasteiger partial charge in [0.1, 0.15) is 0 Å². The molecule has 0 atom stereocenters. The van der Waals surface area contributed by atoms with E-state index in [2.05, 4.69) is 15.0 Å². The van der Waals surface area contributed by atoms with Crippen LogP contribution in [0.3, 0.4) is 0 Å². The monoisotopic (exact) mass is 392 g/mol. The van der Waals surface area contributed by atoms with E-state index >= 15 is 0 Å². The Kier molecular flexibility index (Phi) is 6.29. The van der Waals surface area contributed by atoms with Gasteiger partial charge >= 0.3 is 12.4 Å². The molecule has 0 unspecified atom stereocenters. The van der Waals surface area contributed by atoms with Gasteiger partial charge in [-0.25, -0.2) is 4.98 Å². The molecule has 2 aromatic rings. The molecule has 0 aliphatic heterocycles. The Balaban J connectivity index is 1.95. The number of carbonyl (C=O) groups excluding carboxylic acids is 1. The van der Waals surface area contributed by atoms with E-state index in [1.54, 1.807) is 0 Å². The molecule has 1 amide bonds. The summed E-state index contributed by atoms with van der Waals surface area (Å²) < 4.78 is 79.6. The molecule has 0 aliphatic carbocycles. The van der Waals surface area contributed by atoms with Crippen molar-refractivity contribution >= 4 is 5.91 Å². The lowest BCUT2D eigenvalue weighted by atomic mass is 10.0. The molecule has 0 fully saturated rings. The number of aromatic nitrogens is 1. The van der Waals surface area contributed by atoms with E-state index in [-0.39, 0.29) is 18.0 Å². The van der Waals surface area contributed by atoms with Crippen LogP contribution in [-0.4, -0.2) is 23.7 Å². The molecule has 0 radical (unpaired) electrons. The minimum atomic E-state index is -4.58. The summed E-state index contributed by atoms with van der Waals surface area (Å²) in [5.74, 6) is -0.942. The van der Waals surface area contributed by atoms with Crippen molar-refractivity contribution in [3.63, 3.8) is 0 Å². The summed E-state index contributed by atoms with van der Waals surface area (Å²) in [6.45, 7) is -1.61. The van der Waals surface area contributed by atoms with Crippen molar-refractivity contribution < 1.29 is 35.9 Å². The van der Waals surface area contributed by atoms with Gasteiger partial charge in [0.05, 0.1) is 12.0 Å². The Hall–Kier alpha value is -2.78. The largest absolute Gasteiger partial charge is 0.468 e. The highest BCUT2D eigenvalue weighted by Gasteiger charge is 2.33. The number of hydrogen-bond acceptors (Lipinski definition) is 3. The van der Waals surface area contributed by atoms with Crippen molar-refractivity contribution in [3.05, 3.63) is 59.3 Å². The molecule has 1 aromatic carbocycles. The van der Waals surface area contributed by atoms with E-state index in [1.807, 2.05) is 0 Å². The van der Waals surface area contributed by atoms with Crippen molar-refractivity contribution in [2.45, 2.75) is 25.3 Å². The average molecular weight is 392 g/mol. The predicted octanol–water partition coefficient (Wildman–Crippen LogP) is 3.90. The van der Waals surface area contributed by atoms with Gasteiger partial charge in [-0.05, 0) is 23.3 Å². The number of halogens is 6. The molecule has 10 heteroatoms. The molecular weight excluding hydrogens is 378 g/mol. The van der Waals surface area contributed by atoms with Gasteiger partial charge in [-0.15, -0.1) is 0 Å². The molecule has 0 saturated heterocycles. The topological polar surface area (TPSA) is 51.2 Å². The van der Waals surface area contributed by atoms with Crippen molar-refractivity contribution in [1.29, 1.82) is 0 Å². The minimum absolute atomic E-state index is 0.0993. The van der Waals surface area contributed by atoms with E-state index in [1.165, 1.54) is 36.5 Å². The number of nitrogens with one attached hydrogen (secondary N) is 1. The number of hydrogen-bond donors (Lipinski definition) is 1. The van der Waals surface area contributed by atoms with Crippen LogP contribution < -0.4 is 10.1 Å². The zero-order valence-corrected chi connectivity index (χ0v) is 13.7. The summed E-state index contributed by atoms with van der Waals surface area (Å²) in [5, 5.41) is 2.41. The molecule has 27 heavy (non-hydrogen) atoms. The molecule has 1 N–H and O–H groups in total. The zero-order valence-electron chi connectivity index (χ0n) is 13.7. The highest BCUT2D eigenvalue weighted by Crippen LogP contribution is 2.32. The summed E-state index contributed by atoms with van der Waals surface area (Å²) in [5.41, 5.74) is -0.682. The van der Waals surface area contributed by atoms with Crippen LogP contribution in [0.4, 0.5) is 26.3 Å². The van der Waals surface area contributed by atoms with Crippen LogP contribution in [0.15, 0.2) is 42.6 Å². The molecule has 0 bridgehead atoms. The Morgan fingerprint density at radius 1 is 1.07 bits per heavy atom. The molecule has 1 aromatic heterocycles. The lowest BCUT2D eigenvalue weighted by Crippen LogP contribution is -2.26. The summed E-state index contributed by atoms with van der Waals surface area (Å²) in [6.07, 6.45) is -8.38. The predicted molar refractivity (Wildman–Crippen MR) is 82.8 cm³/mol. The third kappa shape index (κ3) is 6.80. The first-order chi connectivity index (χ1) is 12.5. The fraction of sp³-hybridized carbons (Fsp3) is 0.294. The van der Waals surface area contributed by atoms with Crippen molar-refractivity contribution in [1.82, 2.24) is 10.3 Å².